The summed E-state index contributed by atoms with van der Waals surface area (Å²) < 4.78 is 0.785. The van der Waals surface area contributed by atoms with Gasteiger partial charge >= 0.3 is 12.0 Å². The largest absolute Gasteiger partial charge is 0.481 e. The van der Waals surface area contributed by atoms with Gasteiger partial charge in [0.15, 0.2) is 0 Å². The molecule has 1 aromatic rings. The molecule has 0 atom stereocenters. The molecule has 0 unspecified atom stereocenters. The molecule has 3 N–H and O–H groups in total. The van der Waals surface area contributed by atoms with Crippen molar-refractivity contribution < 1.29 is 14.7 Å². The summed E-state index contributed by atoms with van der Waals surface area (Å²) in [6.45, 7) is 0. The molecule has 0 aliphatic heterocycles. The molecule has 7 heteroatoms. The van der Waals surface area contributed by atoms with Crippen LogP contribution in [0.1, 0.15) is 25.7 Å². The minimum Gasteiger partial charge on any atom is -0.481 e. The number of carbonyl (C=O) groups is 2. The smallest absolute Gasteiger partial charge is 0.319 e. The fourth-order valence-corrected chi connectivity index (χ4v) is 3.32. The van der Waals surface area contributed by atoms with E-state index >= 15 is 0 Å². The van der Waals surface area contributed by atoms with Crippen molar-refractivity contribution in [2.75, 3.05) is 5.32 Å². The number of nitrogens with one attached hydrogen (secondary N) is 2. The number of urea groups is 1. The fourth-order valence-electron chi connectivity index (χ4n) is 2.46. The lowest BCUT2D eigenvalue weighted by Crippen LogP contribution is -2.40. The Morgan fingerprint density at radius 2 is 1.86 bits per heavy atom. The van der Waals surface area contributed by atoms with E-state index in [1.807, 2.05) is 0 Å². The van der Waals surface area contributed by atoms with E-state index in [0.29, 0.717) is 36.4 Å². The summed E-state index contributed by atoms with van der Waals surface area (Å²) in [4.78, 5) is 22.8. The van der Waals surface area contributed by atoms with Gasteiger partial charge in [0.25, 0.3) is 0 Å². The highest BCUT2D eigenvalue weighted by molar-refractivity contribution is 9.10. The van der Waals surface area contributed by atoms with Crippen molar-refractivity contribution in [3.63, 3.8) is 0 Å². The molecule has 0 aromatic heterocycles. The summed E-state index contributed by atoms with van der Waals surface area (Å²) in [5.41, 5.74) is 0.603. The summed E-state index contributed by atoms with van der Waals surface area (Å²) in [7, 11) is 0. The Bertz CT molecular complexity index is 525. The lowest BCUT2D eigenvalue weighted by molar-refractivity contribution is -0.142. The second kappa shape index (κ2) is 7.13. The quantitative estimate of drug-likeness (QED) is 0.750. The monoisotopic (exact) mass is 374 g/mol. The number of aliphatic carboxylic acids is 1. The van der Waals surface area contributed by atoms with Crippen molar-refractivity contribution in [1.29, 1.82) is 0 Å². The molecule has 2 rings (SSSR count). The molecule has 0 saturated heterocycles. The van der Waals surface area contributed by atoms with Crippen LogP contribution in [0.25, 0.3) is 0 Å². The van der Waals surface area contributed by atoms with E-state index in [1.165, 1.54) is 0 Å². The molecule has 0 spiro atoms. The van der Waals surface area contributed by atoms with E-state index in [-0.39, 0.29) is 18.0 Å². The van der Waals surface area contributed by atoms with Crippen LogP contribution in [0.5, 0.6) is 0 Å². The van der Waals surface area contributed by atoms with Crippen molar-refractivity contribution in [3.05, 3.63) is 27.7 Å². The third kappa shape index (κ3) is 4.89. The molecule has 1 aliphatic carbocycles. The van der Waals surface area contributed by atoms with Crippen molar-refractivity contribution in [1.82, 2.24) is 5.32 Å². The molecule has 1 aromatic carbocycles. The first-order valence-electron chi connectivity index (χ1n) is 6.70. The first-order valence-corrected chi connectivity index (χ1v) is 7.87. The fraction of sp³-hybridized carbons (Fsp3) is 0.429. The molecule has 1 saturated carbocycles. The zero-order valence-electron chi connectivity index (χ0n) is 11.2. The van der Waals surface area contributed by atoms with Gasteiger partial charge < -0.3 is 15.7 Å². The van der Waals surface area contributed by atoms with Crippen LogP contribution in [0.2, 0.25) is 5.02 Å². The van der Waals surface area contributed by atoms with Crippen LogP contribution in [0.15, 0.2) is 22.7 Å². The van der Waals surface area contributed by atoms with Crippen LogP contribution in [0.3, 0.4) is 0 Å². The van der Waals surface area contributed by atoms with Gasteiger partial charge in [0.05, 0.1) is 5.92 Å². The molecule has 0 bridgehead atoms. The van der Waals surface area contributed by atoms with Crippen LogP contribution in [-0.4, -0.2) is 23.1 Å². The molecule has 0 heterocycles. The molecular formula is C14H16BrClN2O3. The SMILES string of the molecule is O=C(Nc1cc(Cl)cc(Br)c1)NC1CCC(C(=O)O)CC1. The predicted octanol–water partition coefficient (Wildman–Crippen LogP) is 3.87. The summed E-state index contributed by atoms with van der Waals surface area (Å²) >= 11 is 9.22. The summed E-state index contributed by atoms with van der Waals surface area (Å²) in [5.74, 6) is -1.03. The van der Waals surface area contributed by atoms with Gasteiger partial charge in [0, 0.05) is 21.2 Å². The standard InChI is InChI=1S/C14H16BrClN2O3/c15-9-5-10(16)7-12(6-9)18-14(21)17-11-3-1-8(2-4-11)13(19)20/h5-8,11H,1-4H2,(H,19,20)(H2,17,18,21). The molecule has 1 aliphatic rings. The van der Waals surface area contributed by atoms with E-state index < -0.39 is 5.97 Å². The zero-order valence-corrected chi connectivity index (χ0v) is 13.6. The van der Waals surface area contributed by atoms with Crippen molar-refractivity contribution >= 4 is 45.2 Å². The maximum atomic E-state index is 11.9. The first-order chi connectivity index (χ1) is 9.94. The van der Waals surface area contributed by atoms with E-state index in [4.69, 9.17) is 16.7 Å². The molecule has 1 fully saturated rings. The normalized spacial score (nSPS) is 21.6. The summed E-state index contributed by atoms with van der Waals surface area (Å²) in [5, 5.41) is 15.1. The number of hydrogen-bond donors (Lipinski definition) is 3. The van der Waals surface area contributed by atoms with Gasteiger partial charge in [-0.2, -0.15) is 0 Å². The number of carbonyl (C=O) groups excluding carboxylic acids is 1. The van der Waals surface area contributed by atoms with E-state index in [9.17, 15) is 9.59 Å². The topological polar surface area (TPSA) is 78.4 Å². The number of anilines is 1. The van der Waals surface area contributed by atoms with Crippen LogP contribution >= 0.6 is 27.5 Å². The average molecular weight is 376 g/mol. The van der Waals surface area contributed by atoms with E-state index in [1.54, 1.807) is 18.2 Å². The maximum absolute atomic E-state index is 11.9. The number of rotatable bonds is 3. The maximum Gasteiger partial charge on any atom is 0.319 e. The molecule has 5 nitrogen and oxygen atoms in total. The summed E-state index contributed by atoms with van der Waals surface area (Å²) in [6, 6.07) is 4.86. The van der Waals surface area contributed by atoms with Gasteiger partial charge in [-0.25, -0.2) is 4.79 Å². The highest BCUT2D eigenvalue weighted by Crippen LogP contribution is 2.25. The first kappa shape index (κ1) is 16.1. The average Bonchev–Trinajstić information content (AvgIpc) is 2.37. The van der Waals surface area contributed by atoms with Gasteiger partial charge in [-0.1, -0.05) is 27.5 Å². The van der Waals surface area contributed by atoms with Crippen molar-refractivity contribution in [3.8, 4) is 0 Å². The van der Waals surface area contributed by atoms with Crippen LogP contribution in [0, 0.1) is 5.92 Å². The Morgan fingerprint density at radius 1 is 1.19 bits per heavy atom. The van der Waals surface area contributed by atoms with Crippen molar-refractivity contribution in [2.45, 2.75) is 31.7 Å². The van der Waals surface area contributed by atoms with Crippen LogP contribution in [0.4, 0.5) is 10.5 Å². The number of carboxylic acid groups (broad SMARTS) is 1. The highest BCUT2D eigenvalue weighted by atomic mass is 79.9. The lowest BCUT2D eigenvalue weighted by Gasteiger charge is -2.26. The van der Waals surface area contributed by atoms with Gasteiger partial charge in [-0.05, 0) is 43.9 Å². The van der Waals surface area contributed by atoms with Crippen LogP contribution in [-0.2, 0) is 4.79 Å². The minimum atomic E-state index is -0.748. The third-order valence-corrected chi connectivity index (χ3v) is 4.21. The Labute approximate surface area is 136 Å². The molecule has 0 radical (unpaired) electrons. The third-order valence-electron chi connectivity index (χ3n) is 3.53. The number of carboxylic acids is 1. The number of halogens is 2. The Balaban J connectivity index is 1.84. The van der Waals surface area contributed by atoms with Gasteiger partial charge in [0.1, 0.15) is 0 Å². The van der Waals surface area contributed by atoms with Crippen molar-refractivity contribution in [2.24, 2.45) is 5.92 Å². The molecular weight excluding hydrogens is 360 g/mol. The van der Waals surface area contributed by atoms with E-state index in [2.05, 4.69) is 26.6 Å². The Kier molecular flexibility index (Phi) is 5.47. The second-order valence-corrected chi connectivity index (χ2v) is 6.50. The highest BCUT2D eigenvalue weighted by Gasteiger charge is 2.26. The molecule has 114 valence electrons. The Hall–Kier alpha value is -1.27. The second-order valence-electron chi connectivity index (χ2n) is 5.14. The van der Waals surface area contributed by atoms with Gasteiger partial charge in [-0.15, -0.1) is 0 Å². The predicted molar refractivity (Wildman–Crippen MR) is 84.7 cm³/mol. The minimum absolute atomic E-state index is 0.0169. The molecule has 21 heavy (non-hydrogen) atoms. The lowest BCUT2D eigenvalue weighted by atomic mass is 9.86. The van der Waals surface area contributed by atoms with Gasteiger partial charge in [-0.3, -0.25) is 4.79 Å². The molecule has 2 amide bonds. The van der Waals surface area contributed by atoms with E-state index in [0.717, 1.165) is 4.47 Å². The number of amides is 2. The zero-order chi connectivity index (χ0) is 15.4. The Morgan fingerprint density at radius 3 is 2.43 bits per heavy atom. The number of benzene rings is 1. The summed E-state index contributed by atoms with van der Waals surface area (Å²) in [6.07, 6.45) is 2.57. The number of hydrogen-bond acceptors (Lipinski definition) is 2. The van der Waals surface area contributed by atoms with Gasteiger partial charge in [0.2, 0.25) is 0 Å². The van der Waals surface area contributed by atoms with Crippen LogP contribution < -0.4 is 10.6 Å².